The first-order valence-corrected chi connectivity index (χ1v) is 12.7. The van der Waals surface area contributed by atoms with Gasteiger partial charge in [-0.3, -0.25) is 14.8 Å². The molecule has 0 atom stereocenters. The molecule has 0 bridgehead atoms. The highest BCUT2D eigenvalue weighted by molar-refractivity contribution is 7.92. The summed E-state index contributed by atoms with van der Waals surface area (Å²) in [5, 5.41) is 5.48. The average Bonchev–Trinajstić information content (AvgIpc) is 2.85. The van der Waals surface area contributed by atoms with E-state index in [-0.39, 0.29) is 10.0 Å². The van der Waals surface area contributed by atoms with Gasteiger partial charge in [-0.25, -0.2) is 8.42 Å². The molecule has 0 aromatic heterocycles. The molecule has 0 radical (unpaired) electrons. The number of carbonyl (C=O) groups excluding carboxylic acids is 1. The van der Waals surface area contributed by atoms with E-state index in [0.29, 0.717) is 22.9 Å². The lowest BCUT2D eigenvalue weighted by Gasteiger charge is -2.14. The molecule has 0 aliphatic heterocycles. The smallest absolute Gasteiger partial charge is 0.261 e. The number of aryl methyl sites for hydroxylation is 2. The fourth-order valence-corrected chi connectivity index (χ4v) is 4.75. The van der Waals surface area contributed by atoms with E-state index in [1.165, 1.54) is 25.3 Å². The summed E-state index contributed by atoms with van der Waals surface area (Å²) >= 11 is 5.19. The van der Waals surface area contributed by atoms with Crippen LogP contribution in [0.1, 0.15) is 16.7 Å². The fraction of sp³-hybridized carbons (Fsp3) is 0.154. The first kappa shape index (κ1) is 26.7. The Balaban J connectivity index is 1.59. The van der Waals surface area contributed by atoms with E-state index in [1.54, 1.807) is 43.5 Å². The van der Waals surface area contributed by atoms with E-state index in [9.17, 15) is 13.2 Å². The number of carbonyl (C=O) groups is 1. The van der Waals surface area contributed by atoms with Crippen molar-refractivity contribution in [3.63, 3.8) is 0 Å². The molecule has 0 heterocycles. The number of ether oxygens (including phenoxy) is 2. The van der Waals surface area contributed by atoms with Crippen LogP contribution in [-0.4, -0.2) is 33.7 Å². The number of nitrogens with one attached hydrogen (secondary N) is 3. The largest absolute Gasteiger partial charge is 0.493 e. The molecule has 3 aromatic rings. The predicted molar refractivity (Wildman–Crippen MR) is 146 cm³/mol. The third-order valence-electron chi connectivity index (χ3n) is 5.21. The van der Waals surface area contributed by atoms with Crippen LogP contribution in [0, 0.1) is 13.8 Å². The molecule has 36 heavy (non-hydrogen) atoms. The summed E-state index contributed by atoms with van der Waals surface area (Å²) in [5.74, 6) is 0.704. The van der Waals surface area contributed by atoms with Crippen LogP contribution in [0.3, 0.4) is 0 Å². The van der Waals surface area contributed by atoms with E-state index >= 15 is 0 Å². The summed E-state index contributed by atoms with van der Waals surface area (Å²) in [5.41, 5.74) is 3.49. The van der Waals surface area contributed by atoms with Gasteiger partial charge in [0.2, 0.25) is 5.91 Å². The zero-order valence-corrected chi connectivity index (χ0v) is 21.9. The molecule has 3 rings (SSSR count). The molecule has 0 unspecified atom stereocenters. The third-order valence-corrected chi connectivity index (χ3v) is 6.78. The number of sulfonamides is 1. The highest BCUT2D eigenvalue weighted by Crippen LogP contribution is 2.28. The first-order valence-electron chi connectivity index (χ1n) is 10.8. The first-order chi connectivity index (χ1) is 17.1. The maximum atomic E-state index is 12.8. The molecule has 0 aliphatic rings. The van der Waals surface area contributed by atoms with Gasteiger partial charge < -0.3 is 14.8 Å². The summed E-state index contributed by atoms with van der Waals surface area (Å²) in [7, 11) is -0.692. The minimum atomic E-state index is -3.77. The molecule has 0 spiro atoms. The Hall–Kier alpha value is -3.89. The van der Waals surface area contributed by atoms with Gasteiger partial charge in [-0.1, -0.05) is 24.3 Å². The fourth-order valence-electron chi connectivity index (χ4n) is 3.33. The number of rotatable bonds is 8. The van der Waals surface area contributed by atoms with E-state index in [4.69, 9.17) is 21.7 Å². The van der Waals surface area contributed by atoms with Crippen molar-refractivity contribution < 1.29 is 22.7 Å². The van der Waals surface area contributed by atoms with Crippen LogP contribution in [0.4, 0.5) is 11.4 Å². The van der Waals surface area contributed by atoms with Gasteiger partial charge in [0.1, 0.15) is 0 Å². The number of benzene rings is 3. The summed E-state index contributed by atoms with van der Waals surface area (Å²) in [4.78, 5) is 12.3. The van der Waals surface area contributed by atoms with Crippen LogP contribution in [-0.2, 0) is 14.8 Å². The van der Waals surface area contributed by atoms with Crippen LogP contribution in [0.25, 0.3) is 6.08 Å². The summed E-state index contributed by atoms with van der Waals surface area (Å²) in [6.07, 6.45) is 2.95. The number of thiocarbonyl (C=S) groups is 1. The standard InChI is InChI=1S/C26H27N3O5S2/c1-17-6-5-7-18(2)25(17)29-36(31,32)21-12-10-20(11-13-21)27-26(35)28-24(30)15-9-19-8-14-22(33-3)23(16-19)34-4/h5-16,29H,1-4H3,(H2,27,28,30,35). The number of hydrogen-bond donors (Lipinski definition) is 3. The van der Waals surface area contributed by atoms with Crippen LogP contribution < -0.4 is 24.8 Å². The van der Waals surface area contributed by atoms with Gasteiger partial charge in [0, 0.05) is 11.8 Å². The third kappa shape index (κ3) is 6.83. The lowest BCUT2D eigenvalue weighted by atomic mass is 10.1. The normalized spacial score (nSPS) is 11.1. The van der Waals surface area contributed by atoms with Gasteiger partial charge in [-0.15, -0.1) is 0 Å². The Morgan fingerprint density at radius 2 is 1.56 bits per heavy atom. The van der Waals surface area contributed by atoms with Gasteiger partial charge in [0.15, 0.2) is 16.6 Å². The Labute approximate surface area is 216 Å². The lowest BCUT2D eigenvalue weighted by Crippen LogP contribution is -2.32. The molecular formula is C26H27N3O5S2. The Morgan fingerprint density at radius 1 is 0.917 bits per heavy atom. The van der Waals surface area contributed by atoms with Crippen LogP contribution >= 0.6 is 12.2 Å². The molecule has 3 aromatic carbocycles. The van der Waals surface area contributed by atoms with Crippen molar-refractivity contribution in [3.05, 3.63) is 83.4 Å². The number of para-hydroxylation sites is 1. The molecule has 0 aliphatic carbocycles. The number of amides is 1. The summed E-state index contributed by atoms with van der Waals surface area (Å²) < 4.78 is 38.7. The van der Waals surface area contributed by atoms with E-state index in [0.717, 1.165) is 16.7 Å². The second-order valence-electron chi connectivity index (χ2n) is 7.79. The Kier molecular flexibility index (Phi) is 8.68. The molecule has 0 saturated carbocycles. The van der Waals surface area contributed by atoms with Crippen molar-refractivity contribution >= 4 is 50.7 Å². The zero-order chi connectivity index (χ0) is 26.3. The minimum Gasteiger partial charge on any atom is -0.493 e. The summed E-state index contributed by atoms with van der Waals surface area (Å²) in [6.45, 7) is 3.69. The number of anilines is 2. The lowest BCUT2D eigenvalue weighted by molar-refractivity contribution is -0.115. The van der Waals surface area contributed by atoms with Crippen molar-refractivity contribution in [1.29, 1.82) is 0 Å². The van der Waals surface area contributed by atoms with Gasteiger partial charge in [-0.2, -0.15) is 0 Å². The van der Waals surface area contributed by atoms with E-state index in [1.807, 2.05) is 32.0 Å². The highest BCUT2D eigenvalue weighted by Gasteiger charge is 2.16. The van der Waals surface area contributed by atoms with Crippen molar-refractivity contribution in [2.75, 3.05) is 24.3 Å². The molecule has 10 heteroatoms. The van der Waals surface area contributed by atoms with Gasteiger partial charge in [-0.05, 0) is 85.2 Å². The summed E-state index contributed by atoms with van der Waals surface area (Å²) in [6, 6.07) is 16.9. The Morgan fingerprint density at radius 3 is 2.17 bits per heavy atom. The Bertz CT molecular complexity index is 1380. The minimum absolute atomic E-state index is 0.0706. The maximum absolute atomic E-state index is 12.8. The predicted octanol–water partition coefficient (Wildman–Crippen LogP) is 4.65. The van der Waals surface area contributed by atoms with E-state index in [2.05, 4.69) is 15.4 Å². The highest BCUT2D eigenvalue weighted by atomic mass is 32.2. The SMILES string of the molecule is COc1ccc(C=CC(=O)NC(=S)Nc2ccc(S(=O)(=O)Nc3c(C)cccc3C)cc2)cc1OC. The molecule has 188 valence electrons. The van der Waals surface area contributed by atoms with Crippen molar-refractivity contribution in [3.8, 4) is 11.5 Å². The van der Waals surface area contributed by atoms with E-state index < -0.39 is 15.9 Å². The van der Waals surface area contributed by atoms with Crippen molar-refractivity contribution in [1.82, 2.24) is 5.32 Å². The molecule has 8 nitrogen and oxygen atoms in total. The zero-order valence-electron chi connectivity index (χ0n) is 20.3. The van der Waals surface area contributed by atoms with Gasteiger partial charge in [0.25, 0.3) is 10.0 Å². The molecule has 0 fully saturated rings. The van der Waals surface area contributed by atoms with Crippen molar-refractivity contribution in [2.45, 2.75) is 18.7 Å². The van der Waals surface area contributed by atoms with Gasteiger partial charge in [0.05, 0.1) is 24.8 Å². The quantitative estimate of drug-likeness (QED) is 0.290. The molecule has 3 N–H and O–H groups in total. The average molecular weight is 526 g/mol. The second kappa shape index (κ2) is 11.7. The number of hydrogen-bond acceptors (Lipinski definition) is 6. The second-order valence-corrected chi connectivity index (χ2v) is 9.88. The molecular weight excluding hydrogens is 498 g/mol. The molecule has 0 saturated heterocycles. The monoisotopic (exact) mass is 525 g/mol. The van der Waals surface area contributed by atoms with Crippen LogP contribution in [0.2, 0.25) is 0 Å². The van der Waals surface area contributed by atoms with Gasteiger partial charge >= 0.3 is 0 Å². The molecule has 1 amide bonds. The number of methoxy groups -OCH3 is 2. The van der Waals surface area contributed by atoms with Crippen LogP contribution in [0.15, 0.2) is 71.6 Å². The van der Waals surface area contributed by atoms with Crippen LogP contribution in [0.5, 0.6) is 11.5 Å². The van der Waals surface area contributed by atoms with Crippen molar-refractivity contribution in [2.24, 2.45) is 0 Å². The maximum Gasteiger partial charge on any atom is 0.261 e. The topological polar surface area (TPSA) is 106 Å².